The maximum Gasteiger partial charge on any atom is 0.246 e. The zero-order valence-electron chi connectivity index (χ0n) is 9.40. The second kappa shape index (κ2) is 5.24. The van der Waals surface area contributed by atoms with Gasteiger partial charge in [-0.1, -0.05) is 0 Å². The molecule has 7 heteroatoms. The number of carbonyl (C=O) groups excluding carboxylic acids is 3. The van der Waals surface area contributed by atoms with Gasteiger partial charge < -0.3 is 15.0 Å². The fraction of sp³-hybridized carbons (Fsp3) is 0.700. The van der Waals surface area contributed by atoms with E-state index in [9.17, 15) is 14.4 Å². The molecule has 2 fully saturated rings. The summed E-state index contributed by atoms with van der Waals surface area (Å²) >= 11 is 0. The van der Waals surface area contributed by atoms with E-state index in [1.54, 1.807) is 0 Å². The first kappa shape index (κ1) is 12.0. The molecular formula is C10H15N3O4. The minimum atomic E-state index is -0.428. The van der Waals surface area contributed by atoms with Crippen LogP contribution in [0, 0.1) is 0 Å². The Hall–Kier alpha value is -1.47. The van der Waals surface area contributed by atoms with E-state index in [1.807, 2.05) is 0 Å². The number of hydrogen-bond acceptors (Lipinski definition) is 5. The first-order valence-corrected chi connectivity index (χ1v) is 5.57. The quantitative estimate of drug-likeness (QED) is 0.538. The van der Waals surface area contributed by atoms with E-state index in [1.165, 1.54) is 4.90 Å². The number of hydrogen-bond donors (Lipinski definition) is 2. The molecule has 7 nitrogen and oxygen atoms in total. The molecule has 0 aromatic rings. The highest BCUT2D eigenvalue weighted by Crippen LogP contribution is 2.04. The monoisotopic (exact) mass is 241 g/mol. The maximum atomic E-state index is 11.9. The number of rotatable bonds is 2. The Labute approximate surface area is 98.5 Å². The average molecular weight is 241 g/mol. The summed E-state index contributed by atoms with van der Waals surface area (Å²) in [6, 6.07) is -0.0312. The van der Waals surface area contributed by atoms with Gasteiger partial charge in [-0.2, -0.15) is 0 Å². The molecule has 1 atom stereocenters. The summed E-state index contributed by atoms with van der Waals surface area (Å²) in [5, 5.41) is 5.31. The Morgan fingerprint density at radius 2 is 2.06 bits per heavy atom. The van der Waals surface area contributed by atoms with Crippen LogP contribution < -0.4 is 10.6 Å². The van der Waals surface area contributed by atoms with Gasteiger partial charge in [0.25, 0.3) is 0 Å². The third-order valence-corrected chi connectivity index (χ3v) is 2.72. The van der Waals surface area contributed by atoms with Gasteiger partial charge in [-0.25, -0.2) is 0 Å². The number of nitrogens with zero attached hydrogens (tertiary/aromatic N) is 1. The number of amides is 3. The summed E-state index contributed by atoms with van der Waals surface area (Å²) < 4.78 is 5.23. The lowest BCUT2D eigenvalue weighted by molar-refractivity contribution is -0.146. The molecule has 2 saturated heterocycles. The minimum absolute atomic E-state index is 0.0312. The van der Waals surface area contributed by atoms with Crippen LogP contribution in [-0.2, 0) is 19.1 Å². The van der Waals surface area contributed by atoms with E-state index in [4.69, 9.17) is 4.74 Å². The number of imide groups is 1. The summed E-state index contributed by atoms with van der Waals surface area (Å²) in [6.45, 7) is 1.77. The molecule has 3 amide bonds. The van der Waals surface area contributed by atoms with Gasteiger partial charge in [-0.15, -0.1) is 0 Å². The number of nitrogens with one attached hydrogen (secondary N) is 2. The highest BCUT2D eigenvalue weighted by molar-refractivity contribution is 6.02. The van der Waals surface area contributed by atoms with Crippen molar-refractivity contribution in [3.05, 3.63) is 0 Å². The third-order valence-electron chi connectivity index (χ3n) is 2.72. The van der Waals surface area contributed by atoms with E-state index >= 15 is 0 Å². The van der Waals surface area contributed by atoms with Crippen molar-refractivity contribution in [3.8, 4) is 0 Å². The standard InChI is InChI=1S/C10H15N3O4/c14-8-4-13(5-9(15)12-8)10(16)3-7-6-17-2-1-11-7/h7,11H,1-6H2,(H,12,14,15). The molecule has 0 spiro atoms. The van der Waals surface area contributed by atoms with Crippen molar-refractivity contribution in [2.45, 2.75) is 12.5 Å². The second-order valence-corrected chi connectivity index (χ2v) is 4.15. The molecule has 0 aliphatic carbocycles. The highest BCUT2D eigenvalue weighted by atomic mass is 16.5. The Morgan fingerprint density at radius 1 is 1.35 bits per heavy atom. The molecule has 2 heterocycles. The average Bonchev–Trinajstić information content (AvgIpc) is 2.29. The lowest BCUT2D eigenvalue weighted by Crippen LogP contribution is -2.54. The van der Waals surface area contributed by atoms with Crippen LogP contribution in [-0.4, -0.2) is 61.5 Å². The van der Waals surface area contributed by atoms with Crippen LogP contribution in [0.3, 0.4) is 0 Å². The molecule has 0 radical (unpaired) electrons. The largest absolute Gasteiger partial charge is 0.378 e. The van der Waals surface area contributed by atoms with E-state index in [2.05, 4.69) is 10.6 Å². The van der Waals surface area contributed by atoms with E-state index in [0.29, 0.717) is 13.2 Å². The van der Waals surface area contributed by atoms with Crippen LogP contribution in [0.25, 0.3) is 0 Å². The van der Waals surface area contributed by atoms with Gasteiger partial charge >= 0.3 is 0 Å². The van der Waals surface area contributed by atoms with Crippen molar-refractivity contribution < 1.29 is 19.1 Å². The van der Waals surface area contributed by atoms with Crippen LogP contribution in [0.1, 0.15) is 6.42 Å². The van der Waals surface area contributed by atoms with Crippen molar-refractivity contribution in [2.75, 3.05) is 32.8 Å². The Kier molecular flexibility index (Phi) is 3.70. The predicted molar refractivity (Wildman–Crippen MR) is 57.0 cm³/mol. The summed E-state index contributed by atoms with van der Waals surface area (Å²) in [6.07, 6.45) is 0.251. The van der Waals surface area contributed by atoms with Crippen molar-refractivity contribution in [1.29, 1.82) is 0 Å². The van der Waals surface area contributed by atoms with Gasteiger partial charge in [0, 0.05) is 19.0 Å². The first-order valence-electron chi connectivity index (χ1n) is 5.57. The molecule has 2 aliphatic rings. The number of piperazine rings is 1. The summed E-state index contributed by atoms with van der Waals surface area (Å²) in [4.78, 5) is 35.4. The molecular weight excluding hydrogens is 226 g/mol. The zero-order valence-corrected chi connectivity index (χ0v) is 9.40. The van der Waals surface area contributed by atoms with Gasteiger partial charge in [0.1, 0.15) is 13.1 Å². The smallest absolute Gasteiger partial charge is 0.246 e. The molecule has 2 aliphatic heterocycles. The van der Waals surface area contributed by atoms with Crippen LogP contribution >= 0.6 is 0 Å². The molecule has 0 saturated carbocycles. The molecule has 17 heavy (non-hydrogen) atoms. The summed E-state index contributed by atoms with van der Waals surface area (Å²) in [5.74, 6) is -1.05. The fourth-order valence-corrected chi connectivity index (χ4v) is 1.90. The van der Waals surface area contributed by atoms with Crippen LogP contribution in [0.4, 0.5) is 0 Å². The van der Waals surface area contributed by atoms with Gasteiger partial charge in [0.05, 0.1) is 13.2 Å². The van der Waals surface area contributed by atoms with E-state index < -0.39 is 11.8 Å². The third kappa shape index (κ3) is 3.24. The van der Waals surface area contributed by atoms with Crippen molar-refractivity contribution in [1.82, 2.24) is 15.5 Å². The van der Waals surface area contributed by atoms with Crippen molar-refractivity contribution in [2.24, 2.45) is 0 Å². The lowest BCUT2D eigenvalue weighted by Gasteiger charge is -2.29. The molecule has 0 aromatic heterocycles. The van der Waals surface area contributed by atoms with Gasteiger partial charge in [0.15, 0.2) is 0 Å². The van der Waals surface area contributed by atoms with Crippen LogP contribution in [0.15, 0.2) is 0 Å². The molecule has 2 N–H and O–H groups in total. The lowest BCUT2D eigenvalue weighted by atomic mass is 10.1. The Bertz CT molecular complexity index is 322. The van der Waals surface area contributed by atoms with E-state index in [-0.39, 0.29) is 31.5 Å². The fourth-order valence-electron chi connectivity index (χ4n) is 1.90. The maximum absolute atomic E-state index is 11.9. The SMILES string of the molecule is O=C1CN(C(=O)CC2COCCN2)CC(=O)N1. The van der Waals surface area contributed by atoms with Crippen LogP contribution in [0.5, 0.6) is 0 Å². The number of carbonyl (C=O) groups is 3. The molecule has 94 valence electrons. The van der Waals surface area contributed by atoms with Gasteiger partial charge in [-0.05, 0) is 0 Å². The molecule has 2 rings (SSSR count). The molecule has 1 unspecified atom stereocenters. The number of morpholine rings is 1. The number of ether oxygens (including phenoxy) is 1. The normalized spacial score (nSPS) is 25.6. The Morgan fingerprint density at radius 3 is 2.65 bits per heavy atom. The van der Waals surface area contributed by atoms with Crippen LogP contribution in [0.2, 0.25) is 0 Å². The zero-order chi connectivity index (χ0) is 12.3. The molecule has 0 aromatic carbocycles. The second-order valence-electron chi connectivity index (χ2n) is 4.15. The molecule has 0 bridgehead atoms. The van der Waals surface area contributed by atoms with E-state index in [0.717, 1.165) is 6.54 Å². The summed E-state index contributed by atoms with van der Waals surface area (Å²) in [5.41, 5.74) is 0. The topological polar surface area (TPSA) is 87.7 Å². The van der Waals surface area contributed by atoms with Crippen molar-refractivity contribution >= 4 is 17.7 Å². The first-order chi connectivity index (χ1) is 8.15. The summed E-state index contributed by atoms with van der Waals surface area (Å²) in [7, 11) is 0. The predicted octanol–water partition coefficient (Wildman–Crippen LogP) is -2.15. The minimum Gasteiger partial charge on any atom is -0.378 e. The highest BCUT2D eigenvalue weighted by Gasteiger charge is 2.28. The van der Waals surface area contributed by atoms with Gasteiger partial charge in [0.2, 0.25) is 17.7 Å². The van der Waals surface area contributed by atoms with Gasteiger partial charge in [-0.3, -0.25) is 19.7 Å². The van der Waals surface area contributed by atoms with Crippen molar-refractivity contribution in [3.63, 3.8) is 0 Å². The Balaban J connectivity index is 1.86.